The predicted molar refractivity (Wildman–Crippen MR) is 65.8 cm³/mol. The van der Waals surface area contributed by atoms with E-state index in [0.717, 1.165) is 0 Å². The highest BCUT2D eigenvalue weighted by molar-refractivity contribution is 7.09. The molecule has 2 N–H and O–H groups in total. The molecule has 0 aliphatic rings. The number of methoxy groups -OCH3 is 1. The van der Waals surface area contributed by atoms with Gasteiger partial charge in [-0.15, -0.1) is 6.42 Å². The van der Waals surface area contributed by atoms with E-state index >= 15 is 0 Å². The summed E-state index contributed by atoms with van der Waals surface area (Å²) in [5.41, 5.74) is 0. The topological polar surface area (TPSA) is 76.1 Å². The van der Waals surface area contributed by atoms with Crippen LogP contribution in [-0.2, 0) is 16.0 Å². The van der Waals surface area contributed by atoms with Crippen LogP contribution in [0, 0.1) is 12.3 Å². The zero-order valence-electron chi connectivity index (χ0n) is 9.52. The summed E-state index contributed by atoms with van der Waals surface area (Å²) >= 11 is 1.22. The number of carbonyl (C=O) groups excluding carboxylic acids is 1. The van der Waals surface area contributed by atoms with Crippen molar-refractivity contribution in [3.63, 3.8) is 0 Å². The molecule has 0 fully saturated rings. The van der Waals surface area contributed by atoms with E-state index in [9.17, 15) is 4.79 Å². The summed E-state index contributed by atoms with van der Waals surface area (Å²) in [5, 5.41) is 6.03. The van der Waals surface area contributed by atoms with Crippen LogP contribution in [0.15, 0.2) is 0 Å². The number of ether oxygens (including phenoxy) is 1. The smallest absolute Gasteiger partial charge is 0.240 e. The third kappa shape index (κ3) is 5.29. The van der Waals surface area contributed by atoms with Gasteiger partial charge < -0.3 is 15.4 Å². The summed E-state index contributed by atoms with van der Waals surface area (Å²) in [6.07, 6.45) is 5.68. The number of terminal acetylenes is 1. The first-order valence-corrected chi connectivity index (χ1v) is 5.79. The Balaban J connectivity index is 2.29. The van der Waals surface area contributed by atoms with Gasteiger partial charge in [0.2, 0.25) is 11.0 Å². The number of rotatable bonds is 7. The van der Waals surface area contributed by atoms with Crippen LogP contribution in [0.3, 0.4) is 0 Å². The van der Waals surface area contributed by atoms with Gasteiger partial charge in [-0.2, -0.15) is 4.37 Å². The number of nitrogens with zero attached hydrogens (tertiary/aromatic N) is 2. The van der Waals surface area contributed by atoms with Crippen molar-refractivity contribution in [3.8, 4) is 12.3 Å². The Morgan fingerprint density at radius 1 is 1.65 bits per heavy atom. The zero-order valence-corrected chi connectivity index (χ0v) is 10.3. The molecule has 92 valence electrons. The number of anilines is 1. The molecule has 6 nitrogen and oxygen atoms in total. The fraction of sp³-hybridized carbons (Fsp3) is 0.500. The first kappa shape index (κ1) is 13.4. The van der Waals surface area contributed by atoms with Crippen molar-refractivity contribution in [1.29, 1.82) is 0 Å². The number of hydrogen-bond acceptors (Lipinski definition) is 6. The molecule has 0 aromatic carbocycles. The monoisotopic (exact) mass is 254 g/mol. The van der Waals surface area contributed by atoms with Gasteiger partial charge in [-0.25, -0.2) is 4.98 Å². The second-order valence-electron chi connectivity index (χ2n) is 3.09. The third-order valence-electron chi connectivity index (χ3n) is 1.79. The fourth-order valence-corrected chi connectivity index (χ4v) is 1.60. The maximum absolute atomic E-state index is 11.2. The lowest BCUT2D eigenvalue weighted by atomic mass is 10.4. The standard InChI is InChI=1S/C10H14N4O2S/c1-3-5-11-9(15)7-12-10-13-8(14-17-10)4-6-16-2/h1H,4-7H2,2H3,(H,11,15)(H,12,13,14). The van der Waals surface area contributed by atoms with E-state index in [4.69, 9.17) is 11.2 Å². The molecule has 1 aromatic heterocycles. The number of carbonyl (C=O) groups is 1. The molecule has 1 amide bonds. The van der Waals surface area contributed by atoms with Crippen LogP contribution in [0.1, 0.15) is 5.82 Å². The second-order valence-corrected chi connectivity index (χ2v) is 3.84. The normalized spacial score (nSPS) is 9.65. The van der Waals surface area contributed by atoms with E-state index in [2.05, 4.69) is 25.9 Å². The minimum atomic E-state index is -0.170. The van der Waals surface area contributed by atoms with Crippen molar-refractivity contribution in [3.05, 3.63) is 5.82 Å². The van der Waals surface area contributed by atoms with E-state index in [0.29, 0.717) is 24.0 Å². The molecule has 0 spiro atoms. The van der Waals surface area contributed by atoms with Gasteiger partial charge in [0.05, 0.1) is 19.7 Å². The molecule has 0 unspecified atom stereocenters. The van der Waals surface area contributed by atoms with E-state index in [1.54, 1.807) is 7.11 Å². The zero-order chi connectivity index (χ0) is 12.5. The van der Waals surface area contributed by atoms with Gasteiger partial charge in [0, 0.05) is 25.1 Å². The Morgan fingerprint density at radius 3 is 3.18 bits per heavy atom. The molecule has 0 atom stereocenters. The van der Waals surface area contributed by atoms with Crippen LogP contribution < -0.4 is 10.6 Å². The molecular formula is C10H14N4O2S. The minimum absolute atomic E-state index is 0.139. The highest BCUT2D eigenvalue weighted by Gasteiger charge is 2.05. The second kappa shape index (κ2) is 7.60. The quantitative estimate of drug-likeness (QED) is 0.664. The maximum Gasteiger partial charge on any atom is 0.240 e. The number of amides is 1. The highest BCUT2D eigenvalue weighted by atomic mass is 32.1. The van der Waals surface area contributed by atoms with Crippen LogP contribution in [0.4, 0.5) is 5.13 Å². The summed E-state index contributed by atoms with van der Waals surface area (Å²) in [7, 11) is 1.63. The van der Waals surface area contributed by atoms with Gasteiger partial charge in [-0.3, -0.25) is 4.79 Å². The number of hydrogen-bond donors (Lipinski definition) is 2. The summed E-state index contributed by atoms with van der Waals surface area (Å²) in [5.74, 6) is 2.87. The first-order valence-electron chi connectivity index (χ1n) is 5.02. The van der Waals surface area contributed by atoms with Gasteiger partial charge in [0.1, 0.15) is 5.82 Å². The lowest BCUT2D eigenvalue weighted by Gasteiger charge is -2.01. The molecule has 17 heavy (non-hydrogen) atoms. The van der Waals surface area contributed by atoms with Crippen molar-refractivity contribution in [2.45, 2.75) is 6.42 Å². The fourth-order valence-electron chi connectivity index (χ4n) is 0.989. The predicted octanol–water partition coefficient (Wildman–Crippen LogP) is -0.112. The Labute approximate surface area is 104 Å². The van der Waals surface area contributed by atoms with E-state index in [1.165, 1.54) is 11.5 Å². The molecule has 1 aromatic rings. The molecule has 0 saturated heterocycles. The highest BCUT2D eigenvalue weighted by Crippen LogP contribution is 2.10. The molecule has 0 bridgehead atoms. The summed E-state index contributed by atoms with van der Waals surface area (Å²) in [6.45, 7) is 0.954. The van der Waals surface area contributed by atoms with Crippen molar-refractivity contribution >= 4 is 22.6 Å². The SMILES string of the molecule is C#CCNC(=O)CNc1nc(CCOC)ns1. The Morgan fingerprint density at radius 2 is 2.47 bits per heavy atom. The van der Waals surface area contributed by atoms with Crippen molar-refractivity contribution in [2.75, 3.05) is 32.1 Å². The maximum atomic E-state index is 11.2. The number of nitrogens with one attached hydrogen (secondary N) is 2. The molecule has 1 rings (SSSR count). The summed E-state index contributed by atoms with van der Waals surface area (Å²) < 4.78 is 9.04. The van der Waals surface area contributed by atoms with Gasteiger partial charge in [-0.05, 0) is 0 Å². The molecule has 7 heteroatoms. The molecule has 0 saturated carbocycles. The van der Waals surface area contributed by atoms with Crippen LogP contribution in [0.2, 0.25) is 0 Å². The summed E-state index contributed by atoms with van der Waals surface area (Å²) in [4.78, 5) is 15.4. The average Bonchev–Trinajstić information content (AvgIpc) is 2.79. The largest absolute Gasteiger partial charge is 0.384 e. The van der Waals surface area contributed by atoms with Crippen molar-refractivity contribution in [2.24, 2.45) is 0 Å². The lowest BCUT2D eigenvalue weighted by Crippen LogP contribution is -2.29. The van der Waals surface area contributed by atoms with Crippen molar-refractivity contribution < 1.29 is 9.53 Å². The molecular weight excluding hydrogens is 240 g/mol. The van der Waals surface area contributed by atoms with Gasteiger partial charge >= 0.3 is 0 Å². The number of aromatic nitrogens is 2. The van der Waals surface area contributed by atoms with Crippen LogP contribution in [0.25, 0.3) is 0 Å². The van der Waals surface area contributed by atoms with Gasteiger partial charge in [0.25, 0.3) is 0 Å². The van der Waals surface area contributed by atoms with Crippen LogP contribution in [0.5, 0.6) is 0 Å². The van der Waals surface area contributed by atoms with Crippen LogP contribution in [-0.4, -0.2) is 42.1 Å². The summed E-state index contributed by atoms with van der Waals surface area (Å²) in [6, 6.07) is 0. The Kier molecular flexibility index (Phi) is 5.99. The first-order chi connectivity index (χ1) is 8.26. The third-order valence-corrected chi connectivity index (χ3v) is 2.50. The van der Waals surface area contributed by atoms with Crippen molar-refractivity contribution in [1.82, 2.24) is 14.7 Å². The molecule has 0 radical (unpaired) electrons. The Hall–Kier alpha value is -1.65. The lowest BCUT2D eigenvalue weighted by molar-refractivity contribution is -0.119. The molecule has 1 heterocycles. The van der Waals surface area contributed by atoms with Crippen LogP contribution >= 0.6 is 11.5 Å². The van der Waals surface area contributed by atoms with E-state index < -0.39 is 0 Å². The molecule has 0 aliphatic carbocycles. The van der Waals surface area contributed by atoms with Gasteiger partial charge in [-0.1, -0.05) is 5.92 Å². The van der Waals surface area contributed by atoms with E-state index in [1.807, 2.05) is 0 Å². The van der Waals surface area contributed by atoms with E-state index in [-0.39, 0.29) is 19.0 Å². The Bertz CT molecular complexity index is 399. The average molecular weight is 254 g/mol. The molecule has 0 aliphatic heterocycles. The van der Waals surface area contributed by atoms with Gasteiger partial charge in [0.15, 0.2) is 0 Å². The minimum Gasteiger partial charge on any atom is -0.384 e.